The van der Waals surface area contributed by atoms with Gasteiger partial charge in [-0.3, -0.25) is 4.79 Å². The number of nitrogens with zero attached hydrogens (tertiary/aromatic N) is 3. The Morgan fingerprint density at radius 1 is 1.62 bits per heavy atom. The maximum Gasteiger partial charge on any atom is 0.242 e. The van der Waals surface area contributed by atoms with E-state index in [9.17, 15) is 4.79 Å². The van der Waals surface area contributed by atoms with Crippen molar-refractivity contribution in [2.45, 2.75) is 13.1 Å². The van der Waals surface area contributed by atoms with Crippen molar-refractivity contribution in [3.63, 3.8) is 0 Å². The van der Waals surface area contributed by atoms with Crippen molar-refractivity contribution in [1.29, 1.82) is 0 Å². The highest BCUT2D eigenvalue weighted by atomic mass is 32.1. The van der Waals surface area contributed by atoms with Gasteiger partial charge in [-0.2, -0.15) is 0 Å². The first-order valence-electron chi connectivity index (χ1n) is 4.69. The second-order valence-corrected chi connectivity index (χ2v) is 4.23. The maximum absolute atomic E-state index is 11.5. The summed E-state index contributed by atoms with van der Waals surface area (Å²) in [6.07, 6.45) is 1.52. The fourth-order valence-corrected chi connectivity index (χ4v) is 1.84. The lowest BCUT2D eigenvalue weighted by molar-refractivity contribution is -0.122. The summed E-state index contributed by atoms with van der Waals surface area (Å²) in [5.41, 5.74) is 5.38. The second kappa shape index (κ2) is 4.75. The third kappa shape index (κ3) is 2.80. The Kier molecular flexibility index (Phi) is 3.16. The molecular formula is C9H11N5OS. The van der Waals surface area contributed by atoms with Gasteiger partial charge in [0.05, 0.1) is 12.7 Å². The number of amides is 1. The van der Waals surface area contributed by atoms with Gasteiger partial charge in [0.15, 0.2) is 5.82 Å². The molecule has 2 aromatic heterocycles. The van der Waals surface area contributed by atoms with Crippen LogP contribution in [0.2, 0.25) is 0 Å². The molecule has 0 saturated carbocycles. The quantitative estimate of drug-likeness (QED) is 0.797. The lowest BCUT2D eigenvalue weighted by Gasteiger charge is -2.02. The van der Waals surface area contributed by atoms with Gasteiger partial charge in [0.1, 0.15) is 6.54 Å². The number of nitrogen functional groups attached to an aromatic ring is 1. The summed E-state index contributed by atoms with van der Waals surface area (Å²) in [6.45, 7) is 0.677. The van der Waals surface area contributed by atoms with Crippen molar-refractivity contribution in [3.8, 4) is 0 Å². The van der Waals surface area contributed by atoms with Crippen molar-refractivity contribution in [2.75, 3.05) is 5.73 Å². The van der Waals surface area contributed by atoms with Crippen molar-refractivity contribution >= 4 is 23.1 Å². The average molecular weight is 237 g/mol. The molecule has 0 bridgehead atoms. The molecule has 0 aliphatic rings. The van der Waals surface area contributed by atoms with E-state index in [1.165, 1.54) is 10.9 Å². The van der Waals surface area contributed by atoms with Gasteiger partial charge in [0.25, 0.3) is 0 Å². The molecule has 84 valence electrons. The fraction of sp³-hybridized carbons (Fsp3) is 0.222. The molecule has 0 spiro atoms. The highest BCUT2D eigenvalue weighted by molar-refractivity contribution is 7.09. The largest absolute Gasteiger partial charge is 0.381 e. The predicted octanol–water partition coefficient (Wildman–Crippen LogP) is 0.238. The normalized spacial score (nSPS) is 10.2. The van der Waals surface area contributed by atoms with E-state index < -0.39 is 0 Å². The highest BCUT2D eigenvalue weighted by Crippen LogP contribution is 2.07. The number of hydrogen-bond donors (Lipinski definition) is 2. The monoisotopic (exact) mass is 237 g/mol. The first-order valence-corrected chi connectivity index (χ1v) is 5.56. The Morgan fingerprint density at radius 3 is 3.12 bits per heavy atom. The zero-order valence-corrected chi connectivity index (χ0v) is 9.28. The molecule has 0 aromatic carbocycles. The number of thiophene rings is 1. The Hall–Kier alpha value is -1.89. The smallest absolute Gasteiger partial charge is 0.242 e. The van der Waals surface area contributed by atoms with Gasteiger partial charge in [0.2, 0.25) is 5.91 Å². The molecule has 0 atom stereocenters. The van der Waals surface area contributed by atoms with Crippen LogP contribution in [0, 0.1) is 0 Å². The standard InChI is InChI=1S/C9H11N5OS/c10-8-5-14(13-12-8)6-9(15)11-4-7-2-1-3-16-7/h1-3,5H,4,6,10H2,(H,11,15). The Labute approximate surface area is 96.1 Å². The van der Waals surface area contributed by atoms with Crippen molar-refractivity contribution < 1.29 is 4.79 Å². The van der Waals surface area contributed by atoms with E-state index in [1.54, 1.807) is 11.3 Å². The maximum atomic E-state index is 11.5. The summed E-state index contributed by atoms with van der Waals surface area (Å²) < 4.78 is 1.40. The number of hydrogen-bond acceptors (Lipinski definition) is 5. The van der Waals surface area contributed by atoms with Crippen LogP contribution in [0.25, 0.3) is 0 Å². The van der Waals surface area contributed by atoms with E-state index >= 15 is 0 Å². The van der Waals surface area contributed by atoms with Gasteiger partial charge in [-0.25, -0.2) is 4.68 Å². The highest BCUT2D eigenvalue weighted by Gasteiger charge is 2.04. The number of nitrogens with two attached hydrogens (primary N) is 1. The van der Waals surface area contributed by atoms with Crippen LogP contribution in [0.15, 0.2) is 23.7 Å². The van der Waals surface area contributed by atoms with E-state index in [4.69, 9.17) is 5.73 Å². The van der Waals surface area contributed by atoms with Gasteiger partial charge in [-0.15, -0.1) is 16.4 Å². The summed E-state index contributed by atoms with van der Waals surface area (Å²) in [5.74, 6) is 0.198. The van der Waals surface area contributed by atoms with Crippen LogP contribution in [0.1, 0.15) is 4.88 Å². The molecule has 7 heteroatoms. The third-order valence-corrected chi connectivity index (χ3v) is 2.78. The number of carbonyl (C=O) groups excluding carboxylic acids is 1. The molecule has 0 fully saturated rings. The van der Waals surface area contributed by atoms with Crippen molar-refractivity contribution in [3.05, 3.63) is 28.6 Å². The number of carbonyl (C=O) groups is 1. The first kappa shape index (κ1) is 10.6. The topological polar surface area (TPSA) is 85.8 Å². The zero-order valence-electron chi connectivity index (χ0n) is 8.46. The number of rotatable bonds is 4. The van der Waals surface area contributed by atoms with E-state index in [0.29, 0.717) is 12.4 Å². The molecule has 0 aliphatic heterocycles. The Morgan fingerprint density at radius 2 is 2.50 bits per heavy atom. The molecule has 2 aromatic rings. The van der Waals surface area contributed by atoms with Gasteiger partial charge < -0.3 is 11.1 Å². The number of anilines is 1. The molecule has 0 radical (unpaired) electrons. The van der Waals surface area contributed by atoms with Crippen LogP contribution < -0.4 is 11.1 Å². The summed E-state index contributed by atoms with van der Waals surface area (Å²) >= 11 is 1.61. The molecule has 16 heavy (non-hydrogen) atoms. The Balaban J connectivity index is 1.81. The van der Waals surface area contributed by atoms with E-state index in [2.05, 4.69) is 15.6 Å². The molecule has 0 unspecified atom stereocenters. The molecule has 2 rings (SSSR count). The second-order valence-electron chi connectivity index (χ2n) is 3.20. The van der Waals surface area contributed by atoms with Crippen LogP contribution in [0.5, 0.6) is 0 Å². The summed E-state index contributed by atoms with van der Waals surface area (Å²) in [6, 6.07) is 3.92. The van der Waals surface area contributed by atoms with Gasteiger partial charge in [0, 0.05) is 4.88 Å². The lowest BCUT2D eigenvalue weighted by Crippen LogP contribution is -2.27. The van der Waals surface area contributed by atoms with Gasteiger partial charge >= 0.3 is 0 Å². The van der Waals surface area contributed by atoms with E-state index in [1.807, 2.05) is 17.5 Å². The van der Waals surface area contributed by atoms with Gasteiger partial charge in [-0.1, -0.05) is 11.3 Å². The summed E-state index contributed by atoms with van der Waals surface area (Å²) in [7, 11) is 0. The lowest BCUT2D eigenvalue weighted by atomic mass is 10.4. The zero-order chi connectivity index (χ0) is 11.4. The van der Waals surface area contributed by atoms with E-state index in [0.717, 1.165) is 4.88 Å². The third-order valence-electron chi connectivity index (χ3n) is 1.90. The number of aromatic nitrogens is 3. The summed E-state index contributed by atoms with van der Waals surface area (Å²) in [4.78, 5) is 12.6. The van der Waals surface area contributed by atoms with Crippen LogP contribution in [-0.2, 0) is 17.9 Å². The minimum atomic E-state index is -0.113. The molecule has 3 N–H and O–H groups in total. The first-order chi connectivity index (χ1) is 7.74. The summed E-state index contributed by atoms with van der Waals surface area (Å²) in [5, 5.41) is 12.0. The average Bonchev–Trinajstić information content (AvgIpc) is 2.87. The van der Waals surface area contributed by atoms with Crippen LogP contribution >= 0.6 is 11.3 Å². The molecular weight excluding hydrogens is 226 g/mol. The predicted molar refractivity (Wildman–Crippen MR) is 60.6 cm³/mol. The van der Waals surface area contributed by atoms with Crippen LogP contribution in [0.4, 0.5) is 5.82 Å². The molecule has 6 nitrogen and oxygen atoms in total. The minimum Gasteiger partial charge on any atom is -0.381 e. The molecule has 1 amide bonds. The minimum absolute atomic E-state index is 0.113. The van der Waals surface area contributed by atoms with Crippen LogP contribution in [0.3, 0.4) is 0 Å². The molecule has 0 aliphatic carbocycles. The van der Waals surface area contributed by atoms with E-state index in [-0.39, 0.29) is 12.5 Å². The van der Waals surface area contributed by atoms with Crippen molar-refractivity contribution in [1.82, 2.24) is 20.3 Å². The SMILES string of the molecule is Nc1cn(CC(=O)NCc2cccs2)nn1. The van der Waals surface area contributed by atoms with Crippen LogP contribution in [-0.4, -0.2) is 20.9 Å². The Bertz CT molecular complexity index is 464. The molecule has 2 heterocycles. The van der Waals surface area contributed by atoms with Crippen molar-refractivity contribution in [2.24, 2.45) is 0 Å². The molecule has 0 saturated heterocycles. The van der Waals surface area contributed by atoms with Gasteiger partial charge in [-0.05, 0) is 11.4 Å². The number of nitrogens with one attached hydrogen (secondary N) is 1. The fourth-order valence-electron chi connectivity index (χ4n) is 1.19.